The van der Waals surface area contributed by atoms with Gasteiger partial charge in [-0.1, -0.05) is 129 Å². The van der Waals surface area contributed by atoms with Crippen molar-refractivity contribution >= 4 is 45.7 Å². The maximum atomic E-state index is 14.7. The van der Waals surface area contributed by atoms with Gasteiger partial charge in [-0.05, 0) is 57.9 Å². The van der Waals surface area contributed by atoms with Crippen LogP contribution in [0, 0.1) is 23.7 Å². The molecule has 2 fully saturated rings. The third-order valence-corrected chi connectivity index (χ3v) is 11.8. The molecule has 5 N–H and O–H groups in total. The average Bonchev–Trinajstić information content (AvgIpc) is 3.26. The molecule has 0 bridgehead atoms. The molecule has 1 saturated carbocycles. The van der Waals surface area contributed by atoms with Crippen LogP contribution >= 0.6 is 0 Å². The maximum Gasteiger partial charge on any atom is 0.243 e. The zero-order chi connectivity index (χ0) is 41.2. The number of carbonyl (C=O) groups is 4. The van der Waals surface area contributed by atoms with Gasteiger partial charge < -0.3 is 31.1 Å². The molecule has 1 heterocycles. The molecule has 1 aliphatic carbocycles. The van der Waals surface area contributed by atoms with Crippen molar-refractivity contribution in [3.63, 3.8) is 0 Å². The van der Waals surface area contributed by atoms with Crippen molar-refractivity contribution in [1.82, 2.24) is 26.2 Å². The lowest BCUT2D eigenvalue weighted by molar-refractivity contribution is -0.132. The minimum Gasteiger partial charge on any atom is -0.390 e. The highest BCUT2D eigenvalue weighted by Crippen LogP contribution is 2.29. The molecule has 11 nitrogen and oxygen atoms in total. The summed E-state index contributed by atoms with van der Waals surface area (Å²) in [5, 5.41) is 27.5. The lowest BCUT2D eigenvalue weighted by atomic mass is 9.83. The number of hydrogen-bond acceptors (Lipinski definition) is 7. The quantitative estimate of drug-likeness (QED) is 0.0526. The van der Waals surface area contributed by atoms with E-state index in [1.54, 1.807) is 0 Å². The lowest BCUT2D eigenvalue weighted by Gasteiger charge is -2.31. The molecule has 0 spiro atoms. The van der Waals surface area contributed by atoms with Crippen LogP contribution in [-0.4, -0.2) is 98.3 Å². The smallest absolute Gasteiger partial charge is 0.243 e. The Hall–Kier alpha value is -5.28. The van der Waals surface area contributed by atoms with Crippen LogP contribution in [0.3, 0.4) is 0 Å². The second kappa shape index (κ2) is 22.8. The van der Waals surface area contributed by atoms with E-state index in [2.05, 4.69) is 86.5 Å². The summed E-state index contributed by atoms with van der Waals surface area (Å²) in [6, 6.07) is 26.7. The predicted molar refractivity (Wildman–Crippen MR) is 231 cm³/mol. The molecular formula is C48H59N5O6. The van der Waals surface area contributed by atoms with Gasteiger partial charge in [0.2, 0.25) is 24.1 Å². The highest BCUT2D eigenvalue weighted by atomic mass is 16.5. The number of benzene rings is 4. The summed E-state index contributed by atoms with van der Waals surface area (Å²) < 4.78 is 5.42. The molecule has 0 aromatic heterocycles. The van der Waals surface area contributed by atoms with Crippen molar-refractivity contribution in [3.05, 3.63) is 96.1 Å². The van der Waals surface area contributed by atoms with E-state index in [0.29, 0.717) is 57.9 Å². The number of aliphatic hydroxyl groups is 1. The Morgan fingerprint density at radius 2 is 1.42 bits per heavy atom. The molecule has 4 aromatic rings. The van der Waals surface area contributed by atoms with Crippen LogP contribution in [0.4, 0.5) is 0 Å². The van der Waals surface area contributed by atoms with Crippen molar-refractivity contribution in [2.24, 2.45) is 11.8 Å². The Morgan fingerprint density at radius 3 is 2.07 bits per heavy atom. The first-order valence-corrected chi connectivity index (χ1v) is 21.3. The zero-order valence-corrected chi connectivity index (χ0v) is 34.0. The van der Waals surface area contributed by atoms with Gasteiger partial charge in [0.1, 0.15) is 6.04 Å². The topological polar surface area (TPSA) is 149 Å². The SMILES string of the molecule is O=CNCC#CC[C@H](NC(=O)C(Cc1cccc2ccccc12)Cc1cccc2ccccc12)C(=O)N[C@@H](CC1CCCCC1)[C@@H](O)CC(=O)NCCN1CCOCC1. The number of morpholine rings is 1. The van der Waals surface area contributed by atoms with E-state index in [0.717, 1.165) is 77.9 Å². The summed E-state index contributed by atoms with van der Waals surface area (Å²) in [5.74, 6) is 4.55. The predicted octanol–water partition coefficient (Wildman–Crippen LogP) is 4.67. The van der Waals surface area contributed by atoms with Crippen LogP contribution in [-0.2, 0) is 36.8 Å². The van der Waals surface area contributed by atoms with Crippen molar-refractivity contribution in [2.45, 2.75) is 82.4 Å². The van der Waals surface area contributed by atoms with Crippen molar-refractivity contribution in [2.75, 3.05) is 45.9 Å². The number of carbonyl (C=O) groups excluding carboxylic acids is 4. The molecule has 1 aliphatic heterocycles. The highest BCUT2D eigenvalue weighted by Gasteiger charge is 2.32. The number of aliphatic hydroxyl groups excluding tert-OH is 1. The number of hydrogen-bond donors (Lipinski definition) is 5. The summed E-state index contributed by atoms with van der Waals surface area (Å²) in [4.78, 5) is 55.3. The minimum absolute atomic E-state index is 0.0123. The summed E-state index contributed by atoms with van der Waals surface area (Å²) in [5.41, 5.74) is 2.06. The second-order valence-electron chi connectivity index (χ2n) is 15.9. The van der Waals surface area contributed by atoms with Crippen LogP contribution in [0.15, 0.2) is 84.9 Å². The van der Waals surface area contributed by atoms with Gasteiger partial charge in [-0.2, -0.15) is 0 Å². The van der Waals surface area contributed by atoms with Crippen LogP contribution in [0.2, 0.25) is 0 Å². The van der Waals surface area contributed by atoms with E-state index >= 15 is 0 Å². The Morgan fingerprint density at radius 1 is 0.797 bits per heavy atom. The van der Waals surface area contributed by atoms with E-state index in [-0.39, 0.29) is 31.2 Å². The van der Waals surface area contributed by atoms with Crippen LogP contribution in [0.5, 0.6) is 0 Å². The summed E-state index contributed by atoms with van der Waals surface area (Å²) in [7, 11) is 0. The van der Waals surface area contributed by atoms with Gasteiger partial charge >= 0.3 is 0 Å². The summed E-state index contributed by atoms with van der Waals surface area (Å²) >= 11 is 0. The molecule has 0 radical (unpaired) electrons. The monoisotopic (exact) mass is 801 g/mol. The van der Waals surface area contributed by atoms with Crippen LogP contribution in [0.25, 0.3) is 21.5 Å². The molecule has 2 aliphatic rings. The van der Waals surface area contributed by atoms with E-state index < -0.39 is 30.0 Å². The third kappa shape index (κ3) is 13.1. The lowest BCUT2D eigenvalue weighted by Crippen LogP contribution is -2.54. The third-order valence-electron chi connectivity index (χ3n) is 11.8. The Bertz CT molecular complexity index is 1980. The molecule has 3 atom stereocenters. The molecule has 59 heavy (non-hydrogen) atoms. The summed E-state index contributed by atoms with van der Waals surface area (Å²) in [6.07, 6.45) is 5.95. The Kier molecular flexibility index (Phi) is 16.7. The first-order chi connectivity index (χ1) is 28.9. The van der Waals surface area contributed by atoms with Gasteiger partial charge in [-0.3, -0.25) is 24.1 Å². The summed E-state index contributed by atoms with van der Waals surface area (Å²) in [6.45, 7) is 4.23. The van der Waals surface area contributed by atoms with Crippen molar-refractivity contribution in [1.29, 1.82) is 0 Å². The van der Waals surface area contributed by atoms with Gasteiger partial charge in [0.05, 0.1) is 38.3 Å². The number of nitrogens with one attached hydrogen (secondary N) is 4. The van der Waals surface area contributed by atoms with Gasteiger partial charge in [0.25, 0.3) is 0 Å². The fourth-order valence-electron chi connectivity index (χ4n) is 8.52. The molecule has 0 unspecified atom stereocenters. The maximum absolute atomic E-state index is 14.7. The molecule has 4 aromatic carbocycles. The highest BCUT2D eigenvalue weighted by molar-refractivity contribution is 5.91. The van der Waals surface area contributed by atoms with Gasteiger partial charge in [0.15, 0.2) is 0 Å². The molecule has 4 amide bonds. The largest absolute Gasteiger partial charge is 0.390 e. The second-order valence-corrected chi connectivity index (χ2v) is 15.9. The van der Waals surface area contributed by atoms with Gasteiger partial charge in [-0.15, -0.1) is 0 Å². The fraction of sp³-hybridized carbons (Fsp3) is 0.458. The molecule has 6 rings (SSSR count). The molecule has 312 valence electrons. The average molecular weight is 802 g/mol. The Labute approximate surface area is 348 Å². The van der Waals surface area contributed by atoms with Gasteiger partial charge in [0, 0.05) is 38.5 Å². The molecule has 1 saturated heterocycles. The normalized spacial score (nSPS) is 16.4. The van der Waals surface area contributed by atoms with Crippen molar-refractivity contribution < 1.29 is 29.0 Å². The van der Waals surface area contributed by atoms with E-state index in [9.17, 15) is 24.3 Å². The van der Waals surface area contributed by atoms with E-state index in [4.69, 9.17) is 4.74 Å². The fourth-order valence-corrected chi connectivity index (χ4v) is 8.52. The first kappa shape index (κ1) is 43.3. The van der Waals surface area contributed by atoms with Crippen LogP contribution < -0.4 is 21.3 Å². The molecular weight excluding hydrogens is 743 g/mol. The van der Waals surface area contributed by atoms with E-state index in [1.165, 1.54) is 0 Å². The zero-order valence-electron chi connectivity index (χ0n) is 34.0. The number of fused-ring (bicyclic) bond motifs is 2. The number of amides is 4. The van der Waals surface area contributed by atoms with E-state index in [1.807, 2.05) is 36.4 Å². The van der Waals surface area contributed by atoms with Crippen LogP contribution in [0.1, 0.15) is 62.5 Å². The first-order valence-electron chi connectivity index (χ1n) is 21.3. The Balaban J connectivity index is 1.22. The standard InChI is InChI=1S/C48H59N5O6/c54-34-49-23-9-8-22-43(48(58)52-44(30-35-12-2-1-3-13-35)45(55)33-46(56)50-24-25-53-26-28-59-29-27-53)51-47(57)40(31-38-18-10-16-36-14-4-6-20-41(36)38)32-39-19-11-17-37-15-5-7-21-42(37)39/h4-7,10-11,14-21,34-35,40,43-45,55H,1-3,12-13,22-33H2,(H,49,54)(H,50,56)(H,51,57)(H,52,58)/t43-,44-,45-/m0/s1. The number of ether oxygens (including phenoxy) is 1. The number of rotatable bonds is 19. The minimum atomic E-state index is -1.13. The molecule has 11 heteroatoms. The number of nitrogens with zero attached hydrogens (tertiary/aromatic N) is 1. The van der Waals surface area contributed by atoms with Crippen molar-refractivity contribution in [3.8, 4) is 11.8 Å². The van der Waals surface area contributed by atoms with Gasteiger partial charge in [-0.25, -0.2) is 0 Å².